The second-order valence-electron chi connectivity index (χ2n) is 3.69. The van der Waals surface area contributed by atoms with Crippen LogP contribution in [0.2, 0.25) is 0 Å². The average Bonchev–Trinajstić information content (AvgIpc) is 2.45. The Morgan fingerprint density at radius 2 is 1.50 bits per heavy atom. The van der Waals surface area contributed by atoms with Crippen LogP contribution in [0.5, 0.6) is 5.75 Å². The van der Waals surface area contributed by atoms with E-state index < -0.39 is 12.6 Å². The second kappa shape index (κ2) is 8.47. The minimum atomic E-state index is -1.26. The van der Waals surface area contributed by atoms with E-state index in [-0.39, 0.29) is 29.6 Å². The molecular formula is C14H11N2NaO3. The smallest absolute Gasteiger partial charge is 0.546 e. The Balaban J connectivity index is 0.00000200. The first kappa shape index (κ1) is 16.4. The maximum atomic E-state index is 10.2. The quantitative estimate of drug-likeness (QED) is 0.533. The van der Waals surface area contributed by atoms with Crippen molar-refractivity contribution in [2.24, 2.45) is 10.2 Å². The van der Waals surface area contributed by atoms with Crippen LogP contribution in [0, 0.1) is 0 Å². The second-order valence-corrected chi connectivity index (χ2v) is 3.69. The number of azo groups is 1. The molecule has 2 rings (SSSR count). The van der Waals surface area contributed by atoms with Crippen molar-refractivity contribution in [2.75, 3.05) is 6.61 Å². The van der Waals surface area contributed by atoms with Crippen LogP contribution in [0.15, 0.2) is 64.8 Å². The molecule has 96 valence electrons. The summed E-state index contributed by atoms with van der Waals surface area (Å²) >= 11 is 0. The Bertz CT molecular complexity index is 571. The van der Waals surface area contributed by atoms with Crippen molar-refractivity contribution in [2.45, 2.75) is 0 Å². The van der Waals surface area contributed by atoms with Gasteiger partial charge in [-0.2, -0.15) is 10.2 Å². The summed E-state index contributed by atoms with van der Waals surface area (Å²) < 4.78 is 4.95. The summed E-state index contributed by atoms with van der Waals surface area (Å²) in [5, 5.41) is 18.3. The van der Waals surface area contributed by atoms with Crippen LogP contribution in [-0.4, -0.2) is 12.6 Å². The maximum absolute atomic E-state index is 10.2. The van der Waals surface area contributed by atoms with Crippen LogP contribution >= 0.6 is 0 Å². The Morgan fingerprint density at radius 1 is 0.950 bits per heavy atom. The predicted octanol–water partition coefficient (Wildman–Crippen LogP) is -0.765. The van der Waals surface area contributed by atoms with Crippen LogP contribution in [0.1, 0.15) is 0 Å². The third-order valence-electron chi connectivity index (χ3n) is 2.23. The Morgan fingerprint density at radius 3 is 2.05 bits per heavy atom. The van der Waals surface area contributed by atoms with Gasteiger partial charge < -0.3 is 14.6 Å². The summed E-state index contributed by atoms with van der Waals surface area (Å²) in [4.78, 5) is 10.2. The first-order valence-corrected chi connectivity index (χ1v) is 5.63. The minimum absolute atomic E-state index is 0. The number of carboxylic acids is 1. The number of rotatable bonds is 5. The van der Waals surface area contributed by atoms with Gasteiger partial charge in [0, 0.05) is 0 Å². The van der Waals surface area contributed by atoms with E-state index in [1.165, 1.54) is 0 Å². The number of aliphatic carboxylic acids is 1. The van der Waals surface area contributed by atoms with Crippen LogP contribution in [-0.2, 0) is 4.79 Å². The molecule has 0 aliphatic heterocycles. The number of carboxylic acid groups (broad SMARTS) is 1. The van der Waals surface area contributed by atoms with Crippen LogP contribution in [0.25, 0.3) is 0 Å². The summed E-state index contributed by atoms with van der Waals surface area (Å²) in [5.41, 5.74) is 1.42. The molecule has 0 bridgehead atoms. The van der Waals surface area contributed by atoms with Gasteiger partial charge >= 0.3 is 29.6 Å². The molecule has 20 heavy (non-hydrogen) atoms. The summed E-state index contributed by atoms with van der Waals surface area (Å²) in [5.74, 6) is -0.810. The fraction of sp³-hybridized carbons (Fsp3) is 0.0714. The van der Waals surface area contributed by atoms with Crippen molar-refractivity contribution in [1.82, 2.24) is 0 Å². The number of carbonyl (C=O) groups is 1. The molecule has 2 aromatic carbocycles. The molecule has 5 nitrogen and oxygen atoms in total. The molecule has 0 radical (unpaired) electrons. The summed E-state index contributed by atoms with van der Waals surface area (Å²) in [6.07, 6.45) is 0. The zero-order valence-corrected chi connectivity index (χ0v) is 13.0. The molecule has 0 heterocycles. The summed E-state index contributed by atoms with van der Waals surface area (Å²) in [7, 11) is 0. The van der Waals surface area contributed by atoms with E-state index in [1.54, 1.807) is 24.3 Å². The van der Waals surface area contributed by atoms with Gasteiger partial charge in [-0.25, -0.2) is 0 Å². The third kappa shape index (κ3) is 5.52. The Kier molecular flexibility index (Phi) is 6.93. The molecule has 0 aliphatic carbocycles. The Hall–Kier alpha value is -1.69. The number of benzene rings is 2. The molecule has 0 spiro atoms. The molecule has 0 amide bonds. The van der Waals surface area contributed by atoms with Gasteiger partial charge in [0.1, 0.15) is 12.4 Å². The van der Waals surface area contributed by atoms with E-state index in [0.29, 0.717) is 11.4 Å². The topological polar surface area (TPSA) is 74.1 Å². The van der Waals surface area contributed by atoms with Gasteiger partial charge in [0.2, 0.25) is 0 Å². The van der Waals surface area contributed by atoms with Crippen LogP contribution in [0.4, 0.5) is 11.4 Å². The fourth-order valence-corrected chi connectivity index (χ4v) is 1.36. The number of hydrogen-bond acceptors (Lipinski definition) is 5. The van der Waals surface area contributed by atoms with Gasteiger partial charge in [-0.05, 0) is 36.4 Å². The van der Waals surface area contributed by atoms with Crippen molar-refractivity contribution < 1.29 is 44.2 Å². The normalized spacial score (nSPS) is 10.0. The van der Waals surface area contributed by atoms with Gasteiger partial charge in [-0.1, -0.05) is 18.2 Å². The first-order chi connectivity index (χ1) is 9.24. The predicted molar refractivity (Wildman–Crippen MR) is 67.6 cm³/mol. The Labute approximate surface area is 138 Å². The van der Waals surface area contributed by atoms with E-state index in [1.807, 2.05) is 30.3 Å². The van der Waals surface area contributed by atoms with E-state index in [9.17, 15) is 9.90 Å². The fourth-order valence-electron chi connectivity index (χ4n) is 1.36. The monoisotopic (exact) mass is 278 g/mol. The molecule has 0 aromatic heterocycles. The SMILES string of the molecule is O=C([O-])COc1ccc(N=Nc2ccccc2)cc1.[Na+]. The number of ether oxygens (including phenoxy) is 1. The molecule has 0 fully saturated rings. The number of nitrogens with zero attached hydrogens (tertiary/aromatic N) is 2. The van der Waals surface area contributed by atoms with Gasteiger partial charge in [-0.15, -0.1) is 0 Å². The average molecular weight is 278 g/mol. The minimum Gasteiger partial charge on any atom is -0.546 e. The standard InChI is InChI=1S/C14H12N2O3.Na/c17-14(18)10-19-13-8-6-12(7-9-13)16-15-11-4-2-1-3-5-11;/h1-9H,10H2,(H,17,18);/q;+1/p-1. The van der Waals surface area contributed by atoms with Crippen molar-refractivity contribution in [3.63, 3.8) is 0 Å². The largest absolute Gasteiger partial charge is 1.00 e. The van der Waals surface area contributed by atoms with Crippen molar-refractivity contribution in [3.05, 3.63) is 54.6 Å². The van der Waals surface area contributed by atoms with Crippen LogP contribution in [0.3, 0.4) is 0 Å². The van der Waals surface area contributed by atoms with Gasteiger partial charge in [0.05, 0.1) is 17.3 Å². The molecule has 0 saturated heterocycles. The first-order valence-electron chi connectivity index (χ1n) is 5.63. The van der Waals surface area contributed by atoms with E-state index >= 15 is 0 Å². The van der Waals surface area contributed by atoms with E-state index in [0.717, 1.165) is 5.69 Å². The molecule has 0 unspecified atom stereocenters. The zero-order chi connectivity index (χ0) is 13.5. The van der Waals surface area contributed by atoms with Crippen LogP contribution < -0.4 is 39.4 Å². The third-order valence-corrected chi connectivity index (χ3v) is 2.23. The van der Waals surface area contributed by atoms with Crippen molar-refractivity contribution in [1.29, 1.82) is 0 Å². The molecule has 0 N–H and O–H groups in total. The number of hydrogen-bond donors (Lipinski definition) is 0. The van der Waals surface area contributed by atoms with E-state index in [2.05, 4.69) is 10.2 Å². The maximum Gasteiger partial charge on any atom is 1.00 e. The molecule has 6 heteroatoms. The van der Waals surface area contributed by atoms with Crippen molar-refractivity contribution >= 4 is 17.3 Å². The number of carbonyl (C=O) groups excluding carboxylic acids is 1. The summed E-state index contributed by atoms with van der Waals surface area (Å²) in [6, 6.07) is 16.0. The summed E-state index contributed by atoms with van der Waals surface area (Å²) in [6.45, 7) is -0.467. The van der Waals surface area contributed by atoms with Gasteiger partial charge in [-0.3, -0.25) is 0 Å². The zero-order valence-electron chi connectivity index (χ0n) is 11.0. The molecule has 0 atom stereocenters. The molecule has 0 aliphatic rings. The molecular weight excluding hydrogens is 267 g/mol. The van der Waals surface area contributed by atoms with E-state index in [4.69, 9.17) is 4.74 Å². The van der Waals surface area contributed by atoms with Crippen molar-refractivity contribution in [3.8, 4) is 5.75 Å². The van der Waals surface area contributed by atoms with Gasteiger partial charge in [0.25, 0.3) is 0 Å². The van der Waals surface area contributed by atoms with Gasteiger partial charge in [0.15, 0.2) is 0 Å². The molecule has 2 aromatic rings. The molecule has 0 saturated carbocycles.